The van der Waals surface area contributed by atoms with E-state index in [0.29, 0.717) is 12.1 Å². The molecule has 1 radical (unpaired) electrons. The molecule has 0 heterocycles. The first-order chi connectivity index (χ1) is 6.27. The van der Waals surface area contributed by atoms with E-state index in [9.17, 15) is 4.79 Å². The number of aliphatic hydroxyl groups is 1. The summed E-state index contributed by atoms with van der Waals surface area (Å²) in [6, 6.07) is 6.79. The molecule has 0 aliphatic carbocycles. The molecule has 13 heavy (non-hydrogen) atoms. The van der Waals surface area contributed by atoms with E-state index < -0.39 is 0 Å². The zero-order chi connectivity index (χ0) is 9.68. The molecule has 0 aromatic heterocycles. The summed E-state index contributed by atoms with van der Waals surface area (Å²) in [4.78, 5) is 11.2. The fourth-order valence-electron chi connectivity index (χ4n) is 0.977. The molecule has 0 fully saturated rings. The van der Waals surface area contributed by atoms with Crippen LogP contribution in [0.15, 0.2) is 24.3 Å². The Kier molecular flexibility index (Phi) is 3.46. The smallest absolute Gasteiger partial charge is 0.251 e. The molecule has 1 amide bonds. The Hall–Kier alpha value is -1.35. The standard InChI is InChI=1S/C10H12NO2/c1-2-11-10(13)9-5-3-8(7-12)4-6-9/h3-6,12H,1-2,7H2,(H,11,13). The normalized spacial score (nSPS) is 9.69. The van der Waals surface area contributed by atoms with Gasteiger partial charge in [-0.05, 0) is 24.6 Å². The van der Waals surface area contributed by atoms with Gasteiger partial charge in [0.25, 0.3) is 5.91 Å². The van der Waals surface area contributed by atoms with E-state index in [2.05, 4.69) is 12.2 Å². The summed E-state index contributed by atoms with van der Waals surface area (Å²) in [5.41, 5.74) is 1.38. The summed E-state index contributed by atoms with van der Waals surface area (Å²) < 4.78 is 0. The van der Waals surface area contributed by atoms with Gasteiger partial charge in [-0.1, -0.05) is 12.1 Å². The van der Waals surface area contributed by atoms with Crippen LogP contribution in [0.3, 0.4) is 0 Å². The minimum Gasteiger partial charge on any atom is -0.392 e. The third-order valence-electron chi connectivity index (χ3n) is 1.68. The van der Waals surface area contributed by atoms with Crippen molar-refractivity contribution >= 4 is 5.91 Å². The van der Waals surface area contributed by atoms with Gasteiger partial charge >= 0.3 is 0 Å². The molecule has 3 heteroatoms. The van der Waals surface area contributed by atoms with E-state index in [-0.39, 0.29) is 12.5 Å². The number of carbonyl (C=O) groups is 1. The first-order valence-corrected chi connectivity index (χ1v) is 4.05. The topological polar surface area (TPSA) is 49.3 Å². The lowest BCUT2D eigenvalue weighted by Gasteiger charge is -2.02. The van der Waals surface area contributed by atoms with Crippen molar-refractivity contribution in [1.29, 1.82) is 0 Å². The van der Waals surface area contributed by atoms with Crippen molar-refractivity contribution in [1.82, 2.24) is 5.32 Å². The van der Waals surface area contributed by atoms with Crippen LogP contribution < -0.4 is 5.32 Å². The Morgan fingerprint density at radius 1 is 1.38 bits per heavy atom. The summed E-state index contributed by atoms with van der Waals surface area (Å²) in [5.74, 6) is -0.139. The lowest BCUT2D eigenvalue weighted by Crippen LogP contribution is -2.22. The maximum absolute atomic E-state index is 11.2. The fraction of sp³-hybridized carbons (Fsp3) is 0.200. The van der Waals surface area contributed by atoms with Gasteiger partial charge in [0.1, 0.15) is 0 Å². The van der Waals surface area contributed by atoms with Crippen LogP contribution in [-0.2, 0) is 6.61 Å². The van der Waals surface area contributed by atoms with Crippen LogP contribution in [0.1, 0.15) is 15.9 Å². The van der Waals surface area contributed by atoms with Crippen molar-refractivity contribution in [2.24, 2.45) is 0 Å². The second-order valence-electron chi connectivity index (χ2n) is 2.61. The van der Waals surface area contributed by atoms with E-state index >= 15 is 0 Å². The molecule has 2 N–H and O–H groups in total. The van der Waals surface area contributed by atoms with Crippen LogP contribution in [0.5, 0.6) is 0 Å². The number of rotatable bonds is 3. The van der Waals surface area contributed by atoms with E-state index in [1.165, 1.54) is 0 Å². The second-order valence-corrected chi connectivity index (χ2v) is 2.61. The molecule has 1 rings (SSSR count). The van der Waals surface area contributed by atoms with Crippen LogP contribution >= 0.6 is 0 Å². The molecule has 69 valence electrons. The lowest BCUT2D eigenvalue weighted by molar-refractivity contribution is 0.0958. The Labute approximate surface area is 77.4 Å². The number of hydrogen-bond donors (Lipinski definition) is 2. The summed E-state index contributed by atoms with van der Waals surface area (Å²) >= 11 is 0. The molecular formula is C10H12NO2. The van der Waals surface area contributed by atoms with Gasteiger partial charge in [0.05, 0.1) is 6.61 Å². The molecular weight excluding hydrogens is 166 g/mol. The quantitative estimate of drug-likeness (QED) is 0.717. The van der Waals surface area contributed by atoms with E-state index in [1.807, 2.05) is 0 Å². The van der Waals surface area contributed by atoms with Crippen LogP contribution in [0.4, 0.5) is 0 Å². The van der Waals surface area contributed by atoms with Gasteiger partial charge in [0.2, 0.25) is 0 Å². The Bertz CT molecular complexity index is 279. The van der Waals surface area contributed by atoms with E-state index in [0.717, 1.165) is 5.56 Å². The van der Waals surface area contributed by atoms with Gasteiger partial charge < -0.3 is 10.4 Å². The largest absolute Gasteiger partial charge is 0.392 e. The lowest BCUT2D eigenvalue weighted by atomic mass is 10.1. The summed E-state index contributed by atoms with van der Waals surface area (Å²) in [5, 5.41) is 11.3. The Balaban J connectivity index is 2.74. The van der Waals surface area contributed by atoms with Crippen molar-refractivity contribution < 1.29 is 9.90 Å². The summed E-state index contributed by atoms with van der Waals surface area (Å²) in [7, 11) is 0. The average Bonchev–Trinajstić information content (AvgIpc) is 2.18. The molecule has 0 aliphatic heterocycles. The highest BCUT2D eigenvalue weighted by molar-refractivity contribution is 5.94. The predicted octanol–water partition coefficient (Wildman–Crippen LogP) is 0.743. The molecule has 0 spiro atoms. The molecule has 0 saturated heterocycles. The molecule has 0 atom stereocenters. The van der Waals surface area contributed by atoms with Gasteiger partial charge in [-0.3, -0.25) is 4.79 Å². The molecule has 3 nitrogen and oxygen atoms in total. The predicted molar refractivity (Wildman–Crippen MR) is 50.1 cm³/mol. The van der Waals surface area contributed by atoms with E-state index in [1.54, 1.807) is 24.3 Å². The second kappa shape index (κ2) is 4.62. The Morgan fingerprint density at radius 2 is 2.00 bits per heavy atom. The van der Waals surface area contributed by atoms with Crippen molar-refractivity contribution in [3.05, 3.63) is 42.3 Å². The van der Waals surface area contributed by atoms with Gasteiger partial charge in [-0.2, -0.15) is 0 Å². The summed E-state index contributed by atoms with van der Waals surface area (Å²) in [6.45, 7) is 3.89. The maximum Gasteiger partial charge on any atom is 0.251 e. The number of amides is 1. The third kappa shape index (κ3) is 2.56. The third-order valence-corrected chi connectivity index (χ3v) is 1.68. The molecule has 0 bridgehead atoms. The van der Waals surface area contributed by atoms with Crippen molar-refractivity contribution in [2.45, 2.75) is 6.61 Å². The van der Waals surface area contributed by atoms with E-state index in [4.69, 9.17) is 5.11 Å². The van der Waals surface area contributed by atoms with Crippen LogP contribution in [0, 0.1) is 6.92 Å². The van der Waals surface area contributed by atoms with Gasteiger partial charge in [-0.15, -0.1) is 0 Å². The number of benzene rings is 1. The number of hydrogen-bond acceptors (Lipinski definition) is 2. The number of carbonyl (C=O) groups excluding carboxylic acids is 1. The maximum atomic E-state index is 11.2. The van der Waals surface area contributed by atoms with Crippen LogP contribution in [0.25, 0.3) is 0 Å². The fourth-order valence-corrected chi connectivity index (χ4v) is 0.977. The van der Waals surface area contributed by atoms with Crippen molar-refractivity contribution in [3.8, 4) is 0 Å². The minimum absolute atomic E-state index is 0.00275. The monoisotopic (exact) mass is 178 g/mol. The van der Waals surface area contributed by atoms with Gasteiger partial charge in [-0.25, -0.2) is 0 Å². The Morgan fingerprint density at radius 3 is 2.46 bits per heavy atom. The highest BCUT2D eigenvalue weighted by atomic mass is 16.3. The van der Waals surface area contributed by atoms with Crippen LogP contribution in [0.2, 0.25) is 0 Å². The molecule has 0 saturated carbocycles. The first kappa shape index (κ1) is 9.74. The van der Waals surface area contributed by atoms with Crippen molar-refractivity contribution in [2.75, 3.05) is 6.54 Å². The molecule has 0 aliphatic rings. The SMILES string of the molecule is [CH2]CNC(=O)c1ccc(CO)cc1. The number of nitrogens with one attached hydrogen (secondary N) is 1. The van der Waals surface area contributed by atoms with Gasteiger partial charge in [0.15, 0.2) is 0 Å². The first-order valence-electron chi connectivity index (χ1n) is 4.05. The average molecular weight is 178 g/mol. The molecule has 1 aromatic carbocycles. The molecule has 0 unspecified atom stereocenters. The highest BCUT2D eigenvalue weighted by Gasteiger charge is 2.02. The summed E-state index contributed by atoms with van der Waals surface area (Å²) in [6.07, 6.45) is 0. The van der Waals surface area contributed by atoms with Crippen LogP contribution in [-0.4, -0.2) is 17.6 Å². The number of aliphatic hydroxyl groups excluding tert-OH is 1. The highest BCUT2D eigenvalue weighted by Crippen LogP contribution is 2.03. The zero-order valence-electron chi connectivity index (χ0n) is 7.29. The zero-order valence-corrected chi connectivity index (χ0v) is 7.29. The van der Waals surface area contributed by atoms with Crippen molar-refractivity contribution in [3.63, 3.8) is 0 Å². The minimum atomic E-state index is -0.139. The molecule has 1 aromatic rings. The van der Waals surface area contributed by atoms with Gasteiger partial charge in [0, 0.05) is 12.1 Å².